The molecular weight excluding hydrogens is 242 g/mol. The Kier molecular flexibility index (Phi) is 6.09. The summed E-state index contributed by atoms with van der Waals surface area (Å²) in [6, 6.07) is 9.91. The molecule has 1 unspecified atom stereocenters. The normalized spacial score (nSPS) is 19.0. The second-order valence-electron chi connectivity index (χ2n) is 6.61. The van der Waals surface area contributed by atoms with Crippen molar-refractivity contribution in [2.75, 3.05) is 6.54 Å². The monoisotopic (exact) mass is 273 g/mol. The predicted molar refractivity (Wildman–Crippen MR) is 88.1 cm³/mol. The summed E-state index contributed by atoms with van der Waals surface area (Å²) in [6.07, 6.45) is 8.48. The first-order valence-electron chi connectivity index (χ1n) is 8.55. The van der Waals surface area contributed by atoms with Crippen LogP contribution in [0.5, 0.6) is 0 Å². The molecule has 20 heavy (non-hydrogen) atoms. The molecule has 0 saturated heterocycles. The maximum absolute atomic E-state index is 3.75. The highest BCUT2D eigenvalue weighted by molar-refractivity contribution is 5.27. The Labute approximate surface area is 125 Å². The third-order valence-electron chi connectivity index (χ3n) is 4.76. The number of rotatable bonds is 5. The number of benzene rings is 1. The van der Waals surface area contributed by atoms with Gasteiger partial charge in [-0.2, -0.15) is 0 Å². The van der Waals surface area contributed by atoms with Crippen molar-refractivity contribution in [1.29, 1.82) is 0 Å². The van der Waals surface area contributed by atoms with Crippen LogP contribution in [0.15, 0.2) is 24.3 Å². The van der Waals surface area contributed by atoms with Crippen LogP contribution in [0.1, 0.15) is 82.4 Å². The summed E-state index contributed by atoms with van der Waals surface area (Å²) in [5.74, 6) is 1.45. The first-order chi connectivity index (χ1) is 9.72. The SMILES string of the molecule is CCNC(c1ccc(C(C)C)cc1)C1CCCCCC1. The molecule has 1 nitrogen and oxygen atoms in total. The molecule has 1 aliphatic carbocycles. The highest BCUT2D eigenvalue weighted by Gasteiger charge is 2.23. The van der Waals surface area contributed by atoms with Gasteiger partial charge in [0.1, 0.15) is 0 Å². The number of nitrogens with one attached hydrogen (secondary N) is 1. The fourth-order valence-corrected chi connectivity index (χ4v) is 3.51. The summed E-state index contributed by atoms with van der Waals surface area (Å²) in [7, 11) is 0. The van der Waals surface area contributed by atoms with Crippen LogP contribution < -0.4 is 5.32 Å². The molecule has 112 valence electrons. The summed E-state index contributed by atoms with van der Waals surface area (Å²) in [4.78, 5) is 0. The van der Waals surface area contributed by atoms with Crippen LogP contribution in [0.3, 0.4) is 0 Å². The molecular formula is C19H31N. The summed E-state index contributed by atoms with van der Waals surface area (Å²) >= 11 is 0. The van der Waals surface area contributed by atoms with Gasteiger partial charge in [-0.15, -0.1) is 0 Å². The van der Waals surface area contributed by atoms with Gasteiger partial charge in [0.2, 0.25) is 0 Å². The van der Waals surface area contributed by atoms with Gasteiger partial charge in [0.15, 0.2) is 0 Å². The van der Waals surface area contributed by atoms with E-state index in [1.165, 1.54) is 49.7 Å². The lowest BCUT2D eigenvalue weighted by molar-refractivity contribution is 0.330. The van der Waals surface area contributed by atoms with E-state index in [1.807, 2.05) is 0 Å². The van der Waals surface area contributed by atoms with E-state index in [9.17, 15) is 0 Å². The van der Waals surface area contributed by atoms with Gasteiger partial charge >= 0.3 is 0 Å². The van der Waals surface area contributed by atoms with Crippen molar-refractivity contribution in [3.8, 4) is 0 Å². The van der Waals surface area contributed by atoms with E-state index < -0.39 is 0 Å². The zero-order valence-corrected chi connectivity index (χ0v) is 13.5. The second kappa shape index (κ2) is 7.83. The van der Waals surface area contributed by atoms with E-state index in [1.54, 1.807) is 0 Å². The maximum atomic E-state index is 3.75. The third kappa shape index (κ3) is 4.09. The molecule has 1 aliphatic rings. The minimum atomic E-state index is 0.555. The first kappa shape index (κ1) is 15.6. The first-order valence-corrected chi connectivity index (χ1v) is 8.55. The smallest absolute Gasteiger partial charge is 0.0348 e. The second-order valence-corrected chi connectivity index (χ2v) is 6.61. The van der Waals surface area contributed by atoms with Crippen molar-refractivity contribution in [3.63, 3.8) is 0 Å². The maximum Gasteiger partial charge on any atom is 0.0348 e. The lowest BCUT2D eigenvalue weighted by atomic mass is 9.86. The lowest BCUT2D eigenvalue weighted by Gasteiger charge is -2.28. The van der Waals surface area contributed by atoms with Crippen LogP contribution in [0.2, 0.25) is 0 Å². The van der Waals surface area contributed by atoms with Crippen LogP contribution in [0, 0.1) is 5.92 Å². The van der Waals surface area contributed by atoms with Crippen LogP contribution in [-0.4, -0.2) is 6.54 Å². The van der Waals surface area contributed by atoms with Gasteiger partial charge in [0, 0.05) is 6.04 Å². The average Bonchev–Trinajstić information content (AvgIpc) is 2.74. The van der Waals surface area contributed by atoms with E-state index in [0.29, 0.717) is 12.0 Å². The van der Waals surface area contributed by atoms with Crippen LogP contribution in [0.25, 0.3) is 0 Å². The Balaban J connectivity index is 2.13. The summed E-state index contributed by atoms with van der Waals surface area (Å²) < 4.78 is 0. The molecule has 0 heterocycles. The van der Waals surface area contributed by atoms with E-state index in [2.05, 4.69) is 50.4 Å². The van der Waals surface area contributed by atoms with Gasteiger partial charge in [-0.05, 0) is 42.3 Å². The Morgan fingerprint density at radius 1 is 0.950 bits per heavy atom. The molecule has 0 aromatic heterocycles. The average molecular weight is 273 g/mol. The Morgan fingerprint density at radius 2 is 1.50 bits per heavy atom. The summed E-state index contributed by atoms with van der Waals surface area (Å²) in [5.41, 5.74) is 2.94. The molecule has 1 fully saturated rings. The van der Waals surface area contributed by atoms with E-state index >= 15 is 0 Å². The van der Waals surface area contributed by atoms with Gasteiger partial charge in [0.25, 0.3) is 0 Å². The molecule has 0 aliphatic heterocycles. The Morgan fingerprint density at radius 3 is 2.00 bits per heavy atom. The molecule has 1 atom stereocenters. The predicted octanol–water partition coefficient (Wildman–Crippen LogP) is 5.43. The fourth-order valence-electron chi connectivity index (χ4n) is 3.51. The van der Waals surface area contributed by atoms with Crippen molar-refractivity contribution >= 4 is 0 Å². The highest BCUT2D eigenvalue weighted by atomic mass is 14.9. The van der Waals surface area contributed by atoms with Gasteiger partial charge in [-0.1, -0.05) is 70.7 Å². The Bertz CT molecular complexity index is 371. The lowest BCUT2D eigenvalue weighted by Crippen LogP contribution is -2.28. The molecule has 1 heteroatoms. The van der Waals surface area contributed by atoms with Gasteiger partial charge in [-0.3, -0.25) is 0 Å². The van der Waals surface area contributed by atoms with Crippen LogP contribution >= 0.6 is 0 Å². The van der Waals surface area contributed by atoms with Gasteiger partial charge in [0.05, 0.1) is 0 Å². The van der Waals surface area contributed by atoms with Crippen molar-refractivity contribution < 1.29 is 0 Å². The van der Waals surface area contributed by atoms with E-state index in [-0.39, 0.29) is 0 Å². The van der Waals surface area contributed by atoms with Crippen LogP contribution in [0.4, 0.5) is 0 Å². The van der Waals surface area contributed by atoms with Gasteiger partial charge < -0.3 is 5.32 Å². The summed E-state index contributed by atoms with van der Waals surface area (Å²) in [5, 5.41) is 3.75. The third-order valence-corrected chi connectivity index (χ3v) is 4.76. The zero-order valence-electron chi connectivity index (χ0n) is 13.5. The topological polar surface area (TPSA) is 12.0 Å². The molecule has 0 bridgehead atoms. The van der Waals surface area contributed by atoms with Crippen molar-refractivity contribution in [1.82, 2.24) is 5.32 Å². The standard InChI is InChI=1S/C19H31N/c1-4-20-19(17-9-7-5-6-8-10-17)18-13-11-16(12-14-18)15(2)3/h11-15,17,19-20H,4-10H2,1-3H3. The van der Waals surface area contributed by atoms with Crippen molar-refractivity contribution in [2.45, 2.75) is 71.3 Å². The Hall–Kier alpha value is -0.820. The molecule has 1 N–H and O–H groups in total. The molecule has 1 saturated carbocycles. The zero-order chi connectivity index (χ0) is 14.4. The number of hydrogen-bond donors (Lipinski definition) is 1. The molecule has 2 rings (SSSR count). The van der Waals surface area contributed by atoms with Crippen molar-refractivity contribution in [3.05, 3.63) is 35.4 Å². The molecule has 0 amide bonds. The molecule has 1 aromatic carbocycles. The van der Waals surface area contributed by atoms with Gasteiger partial charge in [-0.25, -0.2) is 0 Å². The molecule has 0 spiro atoms. The summed E-state index contributed by atoms with van der Waals surface area (Å²) in [6.45, 7) is 7.82. The quantitative estimate of drug-likeness (QED) is 0.705. The molecule has 1 aromatic rings. The highest BCUT2D eigenvalue weighted by Crippen LogP contribution is 2.34. The van der Waals surface area contributed by atoms with E-state index in [4.69, 9.17) is 0 Å². The minimum Gasteiger partial charge on any atom is -0.310 e. The minimum absolute atomic E-state index is 0.555. The van der Waals surface area contributed by atoms with E-state index in [0.717, 1.165) is 12.5 Å². The fraction of sp³-hybridized carbons (Fsp3) is 0.684. The van der Waals surface area contributed by atoms with Crippen molar-refractivity contribution in [2.24, 2.45) is 5.92 Å². The number of hydrogen-bond acceptors (Lipinski definition) is 1. The molecule has 0 radical (unpaired) electrons. The van der Waals surface area contributed by atoms with Crippen LogP contribution in [-0.2, 0) is 0 Å². The largest absolute Gasteiger partial charge is 0.310 e.